The van der Waals surface area contributed by atoms with Crippen molar-refractivity contribution in [3.05, 3.63) is 63.6 Å². The second-order valence-electron chi connectivity index (χ2n) is 7.35. The number of rotatable bonds is 9. The average Bonchev–Trinajstić information content (AvgIpc) is 2.72. The fourth-order valence-electron chi connectivity index (χ4n) is 3.39. The lowest BCUT2D eigenvalue weighted by molar-refractivity contribution is -0.140. The highest BCUT2D eigenvalue weighted by atomic mass is 35.5. The Morgan fingerprint density at radius 2 is 1.78 bits per heavy atom. The largest absolute Gasteiger partial charge is 0.357 e. The van der Waals surface area contributed by atoms with Crippen LogP contribution in [0.5, 0.6) is 0 Å². The van der Waals surface area contributed by atoms with E-state index < -0.39 is 28.5 Å². The molecule has 0 heterocycles. The third-order valence-electron chi connectivity index (χ3n) is 5.04. The number of likely N-dealkylation sites (N-methyl/N-ethyl adjacent to an activating group) is 1. The van der Waals surface area contributed by atoms with Gasteiger partial charge in [-0.3, -0.25) is 13.9 Å². The summed E-state index contributed by atoms with van der Waals surface area (Å²) in [5, 5.41) is 3.48. The van der Waals surface area contributed by atoms with E-state index in [9.17, 15) is 18.0 Å². The molecule has 174 valence electrons. The van der Waals surface area contributed by atoms with Gasteiger partial charge in [-0.2, -0.15) is 0 Å². The second kappa shape index (κ2) is 11.0. The maximum absolute atomic E-state index is 13.5. The molecule has 0 spiro atoms. The highest BCUT2D eigenvalue weighted by molar-refractivity contribution is 7.92. The van der Waals surface area contributed by atoms with Crippen LogP contribution in [-0.4, -0.2) is 51.0 Å². The number of aryl methyl sites for hydroxylation is 1. The van der Waals surface area contributed by atoms with Crippen molar-refractivity contribution in [3.8, 4) is 0 Å². The van der Waals surface area contributed by atoms with Gasteiger partial charge in [-0.15, -0.1) is 0 Å². The molecule has 1 atom stereocenters. The topological polar surface area (TPSA) is 86.8 Å². The molecule has 2 aromatic carbocycles. The van der Waals surface area contributed by atoms with Crippen molar-refractivity contribution in [1.82, 2.24) is 10.2 Å². The molecule has 2 amide bonds. The summed E-state index contributed by atoms with van der Waals surface area (Å²) < 4.78 is 26.2. The summed E-state index contributed by atoms with van der Waals surface area (Å²) >= 11 is 12.3. The van der Waals surface area contributed by atoms with Crippen LogP contribution in [-0.2, 0) is 26.2 Å². The first kappa shape index (κ1) is 26.0. The number of halogens is 2. The summed E-state index contributed by atoms with van der Waals surface area (Å²) in [5.41, 5.74) is 1.60. The zero-order chi connectivity index (χ0) is 24.1. The van der Waals surface area contributed by atoms with Crippen molar-refractivity contribution in [1.29, 1.82) is 0 Å². The van der Waals surface area contributed by atoms with Crippen LogP contribution >= 0.6 is 23.2 Å². The number of carbonyl (C=O) groups excluding carboxylic acids is 2. The highest BCUT2D eigenvalue weighted by Gasteiger charge is 2.32. The average molecular weight is 500 g/mol. The molecule has 0 radical (unpaired) electrons. The summed E-state index contributed by atoms with van der Waals surface area (Å²) in [4.78, 5) is 27.3. The van der Waals surface area contributed by atoms with Crippen LogP contribution in [0.4, 0.5) is 5.69 Å². The molecule has 0 saturated heterocycles. The first-order chi connectivity index (χ1) is 15.0. The van der Waals surface area contributed by atoms with Gasteiger partial charge in [0.1, 0.15) is 12.6 Å². The van der Waals surface area contributed by atoms with Gasteiger partial charge in [-0.25, -0.2) is 8.42 Å². The van der Waals surface area contributed by atoms with Gasteiger partial charge >= 0.3 is 0 Å². The van der Waals surface area contributed by atoms with Crippen molar-refractivity contribution >= 4 is 50.7 Å². The smallest absolute Gasteiger partial charge is 0.244 e. The third-order valence-corrected chi connectivity index (χ3v) is 6.77. The normalized spacial score (nSPS) is 12.2. The van der Waals surface area contributed by atoms with Crippen LogP contribution in [0.1, 0.15) is 24.5 Å². The fourth-order valence-corrected chi connectivity index (χ4v) is 4.72. The van der Waals surface area contributed by atoms with E-state index in [1.54, 1.807) is 56.3 Å². The molecule has 10 heteroatoms. The Morgan fingerprint density at radius 3 is 2.31 bits per heavy atom. The molecule has 1 unspecified atom stereocenters. The lowest BCUT2D eigenvalue weighted by Gasteiger charge is -2.33. The Bertz CT molecular complexity index is 1090. The van der Waals surface area contributed by atoms with E-state index in [0.717, 1.165) is 10.6 Å². The quantitative estimate of drug-likeness (QED) is 0.570. The van der Waals surface area contributed by atoms with E-state index in [4.69, 9.17) is 23.2 Å². The van der Waals surface area contributed by atoms with Crippen LogP contribution in [0.3, 0.4) is 0 Å². The SMILES string of the molecule is CCC(C(=O)NC)N(Cc1ccccc1Cl)C(=O)CN(c1ccc(Cl)cc1C)S(C)(=O)=O. The molecular formula is C22H27Cl2N3O4S. The molecular weight excluding hydrogens is 473 g/mol. The van der Waals surface area contributed by atoms with E-state index in [2.05, 4.69) is 5.32 Å². The van der Waals surface area contributed by atoms with Gasteiger partial charge in [-0.05, 0) is 48.7 Å². The monoisotopic (exact) mass is 499 g/mol. The van der Waals surface area contributed by atoms with E-state index in [0.29, 0.717) is 33.3 Å². The van der Waals surface area contributed by atoms with Crippen molar-refractivity contribution in [2.45, 2.75) is 32.9 Å². The standard InChI is InChI=1S/C22H27Cl2N3O4S/c1-5-19(22(29)25-3)26(13-16-8-6-7-9-18(16)24)21(28)14-27(32(4,30)31)20-11-10-17(23)12-15(20)2/h6-12,19H,5,13-14H2,1-4H3,(H,25,29). The van der Waals surface area contributed by atoms with E-state index in [1.807, 2.05) is 0 Å². The minimum atomic E-state index is -3.81. The number of anilines is 1. The van der Waals surface area contributed by atoms with Crippen LogP contribution in [0, 0.1) is 6.92 Å². The summed E-state index contributed by atoms with van der Waals surface area (Å²) in [7, 11) is -2.32. The molecule has 7 nitrogen and oxygen atoms in total. The third kappa shape index (κ3) is 6.37. The number of sulfonamides is 1. The first-order valence-corrected chi connectivity index (χ1v) is 12.6. The fraction of sp³-hybridized carbons (Fsp3) is 0.364. The zero-order valence-corrected chi connectivity index (χ0v) is 20.8. The Balaban J connectivity index is 2.48. The summed E-state index contributed by atoms with van der Waals surface area (Å²) in [5.74, 6) is -0.873. The lowest BCUT2D eigenvalue weighted by atomic mass is 10.1. The van der Waals surface area contributed by atoms with Gasteiger partial charge in [0.25, 0.3) is 0 Å². The van der Waals surface area contributed by atoms with Crippen molar-refractivity contribution in [2.24, 2.45) is 0 Å². The van der Waals surface area contributed by atoms with Crippen molar-refractivity contribution in [2.75, 3.05) is 24.2 Å². The van der Waals surface area contributed by atoms with Gasteiger partial charge in [0.05, 0.1) is 11.9 Å². The highest BCUT2D eigenvalue weighted by Crippen LogP contribution is 2.26. The minimum absolute atomic E-state index is 0.0572. The Hall–Kier alpha value is -2.29. The number of benzene rings is 2. The molecule has 0 bridgehead atoms. The van der Waals surface area contributed by atoms with Crippen LogP contribution < -0.4 is 9.62 Å². The second-order valence-corrected chi connectivity index (χ2v) is 10.1. The molecule has 32 heavy (non-hydrogen) atoms. The Labute approximate surface area is 199 Å². The zero-order valence-electron chi connectivity index (χ0n) is 18.4. The molecule has 0 aliphatic carbocycles. The Kier molecular flexibility index (Phi) is 8.95. The summed E-state index contributed by atoms with van der Waals surface area (Å²) in [6.07, 6.45) is 1.37. The van der Waals surface area contributed by atoms with Gasteiger partial charge in [-0.1, -0.05) is 48.3 Å². The predicted molar refractivity (Wildman–Crippen MR) is 129 cm³/mol. The predicted octanol–water partition coefficient (Wildman–Crippen LogP) is 3.62. The molecule has 0 aliphatic rings. The number of nitrogens with one attached hydrogen (secondary N) is 1. The van der Waals surface area contributed by atoms with Crippen molar-refractivity contribution in [3.63, 3.8) is 0 Å². The molecule has 0 saturated carbocycles. The Morgan fingerprint density at radius 1 is 1.12 bits per heavy atom. The van der Waals surface area contributed by atoms with Crippen LogP contribution in [0.25, 0.3) is 0 Å². The molecule has 2 rings (SSSR count). The van der Waals surface area contributed by atoms with Gasteiger partial charge in [0.2, 0.25) is 21.8 Å². The molecule has 2 aromatic rings. The van der Waals surface area contributed by atoms with E-state index in [1.165, 1.54) is 11.9 Å². The summed E-state index contributed by atoms with van der Waals surface area (Å²) in [6, 6.07) is 11.0. The number of nitrogens with zero attached hydrogens (tertiary/aromatic N) is 2. The van der Waals surface area contributed by atoms with E-state index in [-0.39, 0.29) is 12.5 Å². The maximum Gasteiger partial charge on any atom is 0.244 e. The lowest BCUT2D eigenvalue weighted by Crippen LogP contribution is -2.51. The maximum atomic E-state index is 13.5. The summed E-state index contributed by atoms with van der Waals surface area (Å²) in [6.45, 7) is 3.08. The number of carbonyl (C=O) groups is 2. The van der Waals surface area contributed by atoms with Crippen molar-refractivity contribution < 1.29 is 18.0 Å². The molecule has 0 aromatic heterocycles. The van der Waals surface area contributed by atoms with E-state index >= 15 is 0 Å². The number of hydrogen-bond acceptors (Lipinski definition) is 4. The van der Waals surface area contributed by atoms with Gasteiger partial charge in [0.15, 0.2) is 0 Å². The van der Waals surface area contributed by atoms with Crippen LogP contribution in [0.2, 0.25) is 10.0 Å². The number of hydrogen-bond donors (Lipinski definition) is 1. The van der Waals surface area contributed by atoms with Gasteiger partial charge in [0, 0.05) is 23.6 Å². The van der Waals surface area contributed by atoms with Crippen LogP contribution in [0.15, 0.2) is 42.5 Å². The molecule has 1 N–H and O–H groups in total. The van der Waals surface area contributed by atoms with Gasteiger partial charge < -0.3 is 10.2 Å². The first-order valence-electron chi connectivity index (χ1n) is 9.97. The number of amides is 2. The minimum Gasteiger partial charge on any atom is -0.357 e. The molecule has 0 aliphatic heterocycles. The molecule has 0 fully saturated rings.